The zero-order valence-electron chi connectivity index (χ0n) is 16.0. The Balaban J connectivity index is 1.60. The van der Waals surface area contributed by atoms with Gasteiger partial charge in [-0.2, -0.15) is 9.49 Å². The van der Waals surface area contributed by atoms with Gasteiger partial charge in [0.15, 0.2) is 5.15 Å². The number of anilines is 1. The van der Waals surface area contributed by atoms with Gasteiger partial charge in [-0.25, -0.2) is 14.5 Å². The van der Waals surface area contributed by atoms with E-state index in [1.807, 2.05) is 13.8 Å². The van der Waals surface area contributed by atoms with Crippen LogP contribution in [0.3, 0.4) is 0 Å². The van der Waals surface area contributed by atoms with Crippen molar-refractivity contribution in [3.05, 3.63) is 35.5 Å². The second-order valence-electron chi connectivity index (χ2n) is 7.36. The molecule has 1 aliphatic rings. The van der Waals surface area contributed by atoms with Crippen LogP contribution >= 0.6 is 11.6 Å². The highest BCUT2D eigenvalue weighted by molar-refractivity contribution is 7.92. The van der Waals surface area contributed by atoms with E-state index in [0.29, 0.717) is 29.0 Å². The van der Waals surface area contributed by atoms with E-state index in [1.165, 1.54) is 12.3 Å². The summed E-state index contributed by atoms with van der Waals surface area (Å²) in [5.41, 5.74) is 0.370. The summed E-state index contributed by atoms with van der Waals surface area (Å²) in [7, 11) is 1.73. The highest BCUT2D eigenvalue weighted by Gasteiger charge is 2.44. The molecule has 28 heavy (non-hydrogen) atoms. The van der Waals surface area contributed by atoms with Gasteiger partial charge in [0, 0.05) is 55.2 Å². The van der Waals surface area contributed by atoms with E-state index in [0.717, 1.165) is 12.8 Å². The fourth-order valence-corrected chi connectivity index (χ4v) is 5.33. The number of urea groups is 1. The number of halogens is 2. The Kier molecular flexibility index (Phi) is 6.16. The summed E-state index contributed by atoms with van der Waals surface area (Å²) >= 11 is 4.64. The van der Waals surface area contributed by atoms with Crippen molar-refractivity contribution in [2.24, 2.45) is 13.0 Å². The van der Waals surface area contributed by atoms with Crippen LogP contribution in [0, 0.1) is 11.9 Å². The first-order chi connectivity index (χ1) is 13.2. The van der Waals surface area contributed by atoms with E-state index in [2.05, 4.69) is 15.4 Å². The van der Waals surface area contributed by atoms with Gasteiger partial charge < -0.3 is 14.8 Å². The van der Waals surface area contributed by atoms with E-state index in [1.54, 1.807) is 28.8 Å². The summed E-state index contributed by atoms with van der Waals surface area (Å²) in [6, 6.07) is 4.08. The molecule has 1 N–H and O–H groups in total. The molecule has 3 rings (SSSR count). The Labute approximate surface area is 171 Å². The maximum atomic E-state index is 13.2. The quantitative estimate of drug-likeness (QED) is 0.598. The smallest absolute Gasteiger partial charge is 0.321 e. The molecule has 3 heterocycles. The normalized spacial score (nSPS) is 16.9. The average molecular weight is 428 g/mol. The number of amides is 2. The predicted molar refractivity (Wildman–Crippen MR) is 106 cm³/mol. The van der Waals surface area contributed by atoms with Crippen LogP contribution in [0.2, 0.25) is 5.15 Å². The number of pyridine rings is 1. The molecule has 2 aromatic heterocycles. The molecule has 1 aliphatic heterocycles. The van der Waals surface area contributed by atoms with E-state index in [9.17, 15) is 13.7 Å². The topological polar surface area (TPSA) is 86.1 Å². The van der Waals surface area contributed by atoms with Crippen molar-refractivity contribution in [1.29, 1.82) is 0 Å². The van der Waals surface area contributed by atoms with Crippen LogP contribution in [0.5, 0.6) is 0 Å². The number of nitrogens with one attached hydrogen (secondary N) is 1. The molecule has 0 bridgehead atoms. The molecule has 2 amide bonds. The van der Waals surface area contributed by atoms with Crippen LogP contribution < -0.4 is 5.32 Å². The third-order valence-electron chi connectivity index (χ3n) is 5.22. The minimum Gasteiger partial charge on any atom is -0.610 e. The number of piperidine rings is 1. The molecule has 1 saturated heterocycles. The molecule has 10 heteroatoms. The third-order valence-corrected chi connectivity index (χ3v) is 7.45. The minimum atomic E-state index is -1.29. The van der Waals surface area contributed by atoms with Crippen LogP contribution in [0.25, 0.3) is 0 Å². The first-order valence-electron chi connectivity index (χ1n) is 8.97. The number of likely N-dealkylation sites (tertiary alicyclic amines) is 1. The van der Waals surface area contributed by atoms with E-state index < -0.39 is 21.9 Å². The summed E-state index contributed by atoms with van der Waals surface area (Å²) in [6.45, 7) is 5.03. The molecule has 1 atom stereocenters. The van der Waals surface area contributed by atoms with Crippen molar-refractivity contribution in [3.8, 4) is 0 Å². The fraction of sp³-hybridized carbons (Fsp3) is 0.500. The van der Waals surface area contributed by atoms with Gasteiger partial charge in [0.2, 0.25) is 11.0 Å². The lowest BCUT2D eigenvalue weighted by Gasteiger charge is -2.40. The van der Waals surface area contributed by atoms with E-state index >= 15 is 0 Å². The number of rotatable bonds is 4. The standard InChI is InChI=1S/C18H23ClFN5O2S/c1-18(2,28(27)16-11-14(19)23-24(16)3)12-5-8-25(9-6-12)17(26)22-13-4-7-21-15(20)10-13/h4,7,10-12H,5-6,8-9H2,1-3H3,(H,21,22,26). The molecular formula is C18H23ClFN5O2S. The zero-order valence-corrected chi connectivity index (χ0v) is 17.6. The lowest BCUT2D eigenvalue weighted by Crippen LogP contribution is -2.48. The van der Waals surface area contributed by atoms with Gasteiger partial charge in [0.25, 0.3) is 0 Å². The van der Waals surface area contributed by atoms with Crippen molar-refractivity contribution >= 4 is 34.5 Å². The molecular weight excluding hydrogens is 405 g/mol. The maximum Gasteiger partial charge on any atom is 0.321 e. The number of nitrogens with zero attached hydrogens (tertiary/aromatic N) is 4. The van der Waals surface area contributed by atoms with Gasteiger partial charge >= 0.3 is 6.03 Å². The lowest BCUT2D eigenvalue weighted by atomic mass is 9.86. The van der Waals surface area contributed by atoms with E-state index in [4.69, 9.17) is 11.6 Å². The summed E-state index contributed by atoms with van der Waals surface area (Å²) < 4.78 is 27.4. The minimum absolute atomic E-state index is 0.171. The molecule has 2 aromatic rings. The summed E-state index contributed by atoms with van der Waals surface area (Å²) in [4.78, 5) is 17.6. The third kappa shape index (κ3) is 4.42. The van der Waals surface area contributed by atoms with Gasteiger partial charge in [0.1, 0.15) is 4.75 Å². The first-order valence-corrected chi connectivity index (χ1v) is 10.5. The van der Waals surface area contributed by atoms with Crippen molar-refractivity contribution < 1.29 is 13.7 Å². The molecule has 1 unspecified atom stereocenters. The number of aryl methyl sites for hydroxylation is 1. The first kappa shape index (κ1) is 20.9. The summed E-state index contributed by atoms with van der Waals surface area (Å²) in [6.07, 6.45) is 2.75. The van der Waals surface area contributed by atoms with Crippen LogP contribution in [-0.4, -0.2) is 48.1 Å². The monoisotopic (exact) mass is 427 g/mol. The number of carbonyl (C=O) groups is 1. The zero-order chi connectivity index (χ0) is 20.5. The summed E-state index contributed by atoms with van der Waals surface area (Å²) in [5, 5.41) is 7.67. The highest BCUT2D eigenvalue weighted by atomic mass is 35.5. The second-order valence-corrected chi connectivity index (χ2v) is 9.75. The molecule has 152 valence electrons. The predicted octanol–water partition coefficient (Wildman–Crippen LogP) is 3.44. The van der Waals surface area contributed by atoms with Gasteiger partial charge in [-0.1, -0.05) is 11.6 Å². The highest BCUT2D eigenvalue weighted by Crippen LogP contribution is 2.38. The summed E-state index contributed by atoms with van der Waals surface area (Å²) in [5.74, 6) is -0.472. The number of carbonyl (C=O) groups excluding carboxylic acids is 1. The largest absolute Gasteiger partial charge is 0.610 e. The molecule has 0 spiro atoms. The van der Waals surface area contributed by atoms with Crippen molar-refractivity contribution in [3.63, 3.8) is 0 Å². The Morgan fingerprint density at radius 2 is 2.07 bits per heavy atom. The van der Waals surface area contributed by atoms with E-state index in [-0.39, 0.29) is 11.9 Å². The number of aromatic nitrogens is 3. The number of hydrogen-bond donors (Lipinski definition) is 1. The van der Waals surface area contributed by atoms with Crippen molar-refractivity contribution in [2.75, 3.05) is 18.4 Å². The maximum absolute atomic E-state index is 13.2. The van der Waals surface area contributed by atoms with Gasteiger partial charge in [-0.15, -0.1) is 0 Å². The Morgan fingerprint density at radius 1 is 1.39 bits per heavy atom. The van der Waals surface area contributed by atoms with Crippen molar-refractivity contribution in [2.45, 2.75) is 36.5 Å². The SMILES string of the molecule is Cn1nc(Cl)cc1[S+]([O-])C(C)(C)C1CCN(C(=O)Nc2ccnc(F)c2)CC1. The second kappa shape index (κ2) is 8.26. The van der Waals surface area contributed by atoms with Crippen LogP contribution in [0.4, 0.5) is 14.9 Å². The molecule has 0 radical (unpaired) electrons. The van der Waals surface area contributed by atoms with Crippen LogP contribution in [0.1, 0.15) is 26.7 Å². The van der Waals surface area contributed by atoms with Gasteiger partial charge in [-0.3, -0.25) is 0 Å². The molecule has 7 nitrogen and oxygen atoms in total. The van der Waals surface area contributed by atoms with Crippen LogP contribution in [0.15, 0.2) is 29.4 Å². The van der Waals surface area contributed by atoms with Crippen molar-refractivity contribution in [1.82, 2.24) is 19.7 Å². The molecule has 0 saturated carbocycles. The molecule has 1 fully saturated rings. The Bertz CT molecular complexity index is 854. The van der Waals surface area contributed by atoms with Gasteiger partial charge in [-0.05, 0) is 32.8 Å². The average Bonchev–Trinajstić information content (AvgIpc) is 2.99. The number of hydrogen-bond acceptors (Lipinski definition) is 4. The molecule has 0 aromatic carbocycles. The Hall–Kier alpha value is -1.84. The lowest BCUT2D eigenvalue weighted by molar-refractivity contribution is 0.171. The fourth-order valence-electron chi connectivity index (χ4n) is 3.47. The van der Waals surface area contributed by atoms with Crippen LogP contribution in [-0.2, 0) is 18.2 Å². The Morgan fingerprint density at radius 3 is 2.64 bits per heavy atom. The molecule has 0 aliphatic carbocycles. The van der Waals surface area contributed by atoms with Gasteiger partial charge in [0.05, 0.1) is 6.07 Å².